The fourth-order valence-corrected chi connectivity index (χ4v) is 4.48. The highest BCUT2D eigenvalue weighted by Crippen LogP contribution is 2.32. The fraction of sp³-hybridized carbons (Fsp3) is 0.273. The first-order valence-corrected chi connectivity index (χ1v) is 10.7. The summed E-state index contributed by atoms with van der Waals surface area (Å²) in [6.07, 6.45) is 2.27. The molecular formula is C22H21N3O5S. The second-order valence-corrected chi connectivity index (χ2v) is 8.48. The van der Waals surface area contributed by atoms with Crippen LogP contribution < -0.4 is 21.5 Å². The Morgan fingerprint density at radius 1 is 1.16 bits per heavy atom. The Kier molecular flexibility index (Phi) is 5.45. The molecule has 2 atom stereocenters. The first-order valence-electron chi connectivity index (χ1n) is 9.76. The van der Waals surface area contributed by atoms with E-state index in [1.54, 1.807) is 20.4 Å². The number of rotatable bonds is 7. The molecule has 0 spiro atoms. The molecule has 2 aromatic carbocycles. The summed E-state index contributed by atoms with van der Waals surface area (Å²) in [5, 5.41) is 7.50. The van der Waals surface area contributed by atoms with E-state index in [0.29, 0.717) is 6.42 Å². The van der Waals surface area contributed by atoms with Gasteiger partial charge in [0.05, 0.1) is 18.0 Å². The molecule has 1 aliphatic heterocycles. The highest BCUT2D eigenvalue weighted by atomic mass is 32.2. The largest absolute Gasteiger partial charge is 0.464 e. The number of furan rings is 1. The van der Waals surface area contributed by atoms with Crippen molar-refractivity contribution in [3.63, 3.8) is 0 Å². The van der Waals surface area contributed by atoms with Crippen molar-refractivity contribution in [2.24, 2.45) is 0 Å². The Morgan fingerprint density at radius 3 is 2.61 bits per heavy atom. The summed E-state index contributed by atoms with van der Waals surface area (Å²) < 4.78 is 5.45. The molecule has 9 heteroatoms. The van der Waals surface area contributed by atoms with Crippen LogP contribution in [-0.2, 0) is 9.59 Å². The molecule has 0 fully saturated rings. The summed E-state index contributed by atoms with van der Waals surface area (Å²) in [7, 11) is 3.15. The van der Waals surface area contributed by atoms with Gasteiger partial charge in [-0.25, -0.2) is 0 Å². The van der Waals surface area contributed by atoms with E-state index < -0.39 is 21.9 Å². The Balaban J connectivity index is 1.54. The molecule has 2 unspecified atom stereocenters. The summed E-state index contributed by atoms with van der Waals surface area (Å²) in [6, 6.07) is 7.40. The van der Waals surface area contributed by atoms with Gasteiger partial charge in [0.15, 0.2) is 5.25 Å². The number of carbonyl (C=O) groups is 2. The van der Waals surface area contributed by atoms with Gasteiger partial charge < -0.3 is 20.0 Å². The molecule has 0 radical (unpaired) electrons. The van der Waals surface area contributed by atoms with Crippen LogP contribution in [0.25, 0.3) is 11.0 Å². The van der Waals surface area contributed by atoms with Crippen molar-refractivity contribution < 1.29 is 14.0 Å². The van der Waals surface area contributed by atoms with E-state index in [4.69, 9.17) is 4.42 Å². The first-order chi connectivity index (χ1) is 14.8. The van der Waals surface area contributed by atoms with Gasteiger partial charge >= 0.3 is 0 Å². The zero-order valence-corrected chi connectivity index (χ0v) is 18.0. The zero-order chi connectivity index (χ0) is 22.3. The predicted molar refractivity (Wildman–Crippen MR) is 121 cm³/mol. The third kappa shape index (κ3) is 3.65. The van der Waals surface area contributed by atoms with Crippen LogP contribution in [0.3, 0.4) is 0 Å². The van der Waals surface area contributed by atoms with E-state index in [2.05, 4.69) is 10.6 Å². The van der Waals surface area contributed by atoms with Gasteiger partial charge in [0.2, 0.25) is 11.7 Å². The summed E-state index contributed by atoms with van der Waals surface area (Å²) >= 11 is 1.08. The van der Waals surface area contributed by atoms with Crippen molar-refractivity contribution in [3.05, 3.63) is 67.6 Å². The number of fused-ring (bicyclic) bond motifs is 1. The van der Waals surface area contributed by atoms with E-state index in [-0.39, 0.29) is 29.0 Å². The van der Waals surface area contributed by atoms with Crippen LogP contribution in [0.4, 0.5) is 11.4 Å². The van der Waals surface area contributed by atoms with Gasteiger partial charge in [-0.15, -0.1) is 11.8 Å². The topological polar surface area (TPSA) is 109 Å². The quantitative estimate of drug-likeness (QED) is 0.427. The second kappa shape index (κ2) is 8.07. The van der Waals surface area contributed by atoms with Crippen LogP contribution in [0.2, 0.25) is 0 Å². The molecule has 2 heterocycles. The molecule has 0 aliphatic carbocycles. The van der Waals surface area contributed by atoms with Crippen molar-refractivity contribution in [2.75, 3.05) is 24.7 Å². The van der Waals surface area contributed by atoms with Gasteiger partial charge in [0.25, 0.3) is 10.9 Å². The predicted octanol–water partition coefficient (Wildman–Crippen LogP) is 2.62. The van der Waals surface area contributed by atoms with Crippen molar-refractivity contribution in [1.29, 1.82) is 0 Å². The SMILES string of the molecule is CCC(Nc1c(NC2=CSC(C(=O)N(C)C)C2=O)c(=O)c1=O)c1ccc2ccoc2c1. The number of hydrogen-bond acceptors (Lipinski definition) is 8. The molecule has 0 bridgehead atoms. The number of benzene rings is 1. The number of carbonyl (C=O) groups excluding carboxylic acids is 2. The van der Waals surface area contributed by atoms with Crippen LogP contribution in [0.15, 0.2) is 55.6 Å². The number of ketones is 1. The molecule has 31 heavy (non-hydrogen) atoms. The number of amides is 1. The molecule has 0 saturated heterocycles. The highest BCUT2D eigenvalue weighted by Gasteiger charge is 2.36. The number of Topliss-reactive ketones (excluding diaryl/α,β-unsaturated/α-hetero) is 1. The summed E-state index contributed by atoms with van der Waals surface area (Å²) in [6.45, 7) is 1.96. The van der Waals surface area contributed by atoms with Crippen LogP contribution in [0.5, 0.6) is 0 Å². The fourth-order valence-electron chi connectivity index (χ4n) is 3.46. The molecule has 1 aromatic heterocycles. The number of anilines is 2. The maximum Gasteiger partial charge on any atom is 0.253 e. The minimum absolute atomic E-state index is 0.0423. The van der Waals surface area contributed by atoms with Crippen molar-refractivity contribution >= 4 is 45.8 Å². The number of allylic oxidation sites excluding steroid dienone is 1. The van der Waals surface area contributed by atoms with Crippen LogP contribution in [0, 0.1) is 0 Å². The van der Waals surface area contributed by atoms with Gasteiger partial charge in [-0.3, -0.25) is 19.2 Å². The molecule has 1 aliphatic rings. The van der Waals surface area contributed by atoms with E-state index >= 15 is 0 Å². The third-order valence-electron chi connectivity index (χ3n) is 5.27. The number of hydrogen-bond donors (Lipinski definition) is 2. The maximum atomic E-state index is 12.6. The first kappa shape index (κ1) is 20.9. The Morgan fingerprint density at radius 2 is 1.90 bits per heavy atom. The Bertz CT molecular complexity index is 1280. The lowest BCUT2D eigenvalue weighted by Gasteiger charge is -2.22. The van der Waals surface area contributed by atoms with Crippen LogP contribution in [0.1, 0.15) is 24.9 Å². The minimum atomic E-state index is -0.885. The Labute approximate surface area is 182 Å². The van der Waals surface area contributed by atoms with E-state index in [1.165, 1.54) is 10.3 Å². The summed E-state index contributed by atoms with van der Waals surface area (Å²) in [5.41, 5.74) is 0.617. The molecule has 4 rings (SSSR count). The van der Waals surface area contributed by atoms with Gasteiger partial charge in [-0.2, -0.15) is 0 Å². The lowest BCUT2D eigenvalue weighted by Crippen LogP contribution is -2.40. The maximum absolute atomic E-state index is 12.6. The van der Waals surface area contributed by atoms with E-state index in [0.717, 1.165) is 28.3 Å². The molecule has 3 aromatic rings. The summed E-state index contributed by atoms with van der Waals surface area (Å²) in [5.74, 6) is -0.747. The molecule has 8 nitrogen and oxygen atoms in total. The second-order valence-electron chi connectivity index (χ2n) is 7.50. The number of nitrogens with zero attached hydrogens (tertiary/aromatic N) is 1. The normalized spacial score (nSPS) is 17.1. The summed E-state index contributed by atoms with van der Waals surface area (Å²) in [4.78, 5) is 50.5. The number of thioether (sulfide) groups is 1. The van der Waals surface area contributed by atoms with Gasteiger partial charge in [0.1, 0.15) is 17.0 Å². The molecule has 160 valence electrons. The minimum Gasteiger partial charge on any atom is -0.464 e. The lowest BCUT2D eigenvalue weighted by atomic mass is 10.0. The standard InChI is InChI=1S/C22H21N3O5S/c1-4-13(12-6-5-11-7-8-30-15(11)9-12)23-16-17(20(28)19(16)27)24-14-10-31-21(18(14)26)22(29)25(2)3/h5-10,13,21,23-24H,4H2,1-3H3. The van der Waals surface area contributed by atoms with E-state index in [9.17, 15) is 19.2 Å². The Hall–Kier alpha value is -3.33. The van der Waals surface area contributed by atoms with Gasteiger partial charge in [-0.1, -0.05) is 19.1 Å². The van der Waals surface area contributed by atoms with Gasteiger partial charge in [-0.05, 0) is 29.5 Å². The smallest absolute Gasteiger partial charge is 0.253 e. The van der Waals surface area contributed by atoms with Crippen molar-refractivity contribution in [2.45, 2.75) is 24.6 Å². The third-order valence-corrected chi connectivity index (χ3v) is 6.33. The van der Waals surface area contributed by atoms with Crippen molar-refractivity contribution in [1.82, 2.24) is 4.90 Å². The molecule has 0 saturated carbocycles. The lowest BCUT2D eigenvalue weighted by molar-refractivity contribution is -0.131. The van der Waals surface area contributed by atoms with Crippen LogP contribution >= 0.6 is 11.8 Å². The molecule has 1 amide bonds. The number of nitrogens with one attached hydrogen (secondary N) is 2. The average Bonchev–Trinajstić information content (AvgIpc) is 3.38. The van der Waals surface area contributed by atoms with Gasteiger partial charge in [0, 0.05) is 19.5 Å². The van der Waals surface area contributed by atoms with Crippen molar-refractivity contribution in [3.8, 4) is 0 Å². The van der Waals surface area contributed by atoms with Crippen LogP contribution in [-0.4, -0.2) is 35.9 Å². The molecule has 2 N–H and O–H groups in total. The molecular weight excluding hydrogens is 418 g/mol. The monoisotopic (exact) mass is 439 g/mol. The zero-order valence-electron chi connectivity index (χ0n) is 17.2. The van der Waals surface area contributed by atoms with E-state index in [1.807, 2.05) is 31.2 Å². The average molecular weight is 439 g/mol. The highest BCUT2D eigenvalue weighted by molar-refractivity contribution is 8.04.